The molecule has 0 fully saturated rings. The summed E-state index contributed by atoms with van der Waals surface area (Å²) in [4.78, 5) is 10.4. The minimum atomic E-state index is 0.404. The van der Waals surface area contributed by atoms with Gasteiger partial charge in [-0.05, 0) is 25.1 Å². The van der Waals surface area contributed by atoms with E-state index in [0.717, 1.165) is 4.88 Å². The van der Waals surface area contributed by atoms with Crippen LogP contribution in [0.5, 0.6) is 0 Å². The molecule has 0 spiro atoms. The largest absolute Gasteiger partial charge is 0.236 e. The lowest BCUT2D eigenvalue weighted by molar-refractivity contribution is 1.16. The van der Waals surface area contributed by atoms with Gasteiger partial charge in [0.2, 0.25) is 0 Å². The van der Waals surface area contributed by atoms with Crippen molar-refractivity contribution in [2.75, 3.05) is 0 Å². The summed E-state index contributed by atoms with van der Waals surface area (Å²) in [5.41, 5.74) is 0.404. The second-order valence-corrected chi connectivity index (χ2v) is 4.08. The Bertz CT molecular complexity index is 496. The van der Waals surface area contributed by atoms with Crippen LogP contribution in [-0.2, 0) is 0 Å². The number of hydrogen-bond donors (Lipinski definition) is 0. The third kappa shape index (κ3) is 1.63. The Morgan fingerprint density at radius 1 is 1.36 bits per heavy atom. The average Bonchev–Trinajstić information content (AvgIpc) is 2.65. The summed E-state index contributed by atoms with van der Waals surface area (Å²) in [6.07, 6.45) is 1.61. The van der Waals surface area contributed by atoms with E-state index in [1.807, 2.05) is 25.1 Å². The fraction of sp³-hybridized carbons (Fsp3) is 0.100. The normalized spacial score (nSPS) is 9.71. The number of nitriles is 1. The van der Waals surface area contributed by atoms with Gasteiger partial charge in [0.15, 0.2) is 5.82 Å². The van der Waals surface area contributed by atoms with Crippen molar-refractivity contribution in [3.05, 3.63) is 35.0 Å². The van der Waals surface area contributed by atoms with Crippen molar-refractivity contribution in [2.45, 2.75) is 6.92 Å². The zero-order valence-electron chi connectivity index (χ0n) is 7.56. The number of aromatic nitrogens is 2. The predicted octanol–water partition coefficient (Wildman–Crippen LogP) is 2.39. The molecule has 0 aliphatic carbocycles. The Morgan fingerprint density at radius 3 is 2.86 bits per heavy atom. The molecule has 0 bridgehead atoms. The van der Waals surface area contributed by atoms with Crippen LogP contribution in [0, 0.1) is 18.3 Å². The van der Waals surface area contributed by atoms with Crippen molar-refractivity contribution >= 4 is 11.3 Å². The first-order valence-corrected chi connectivity index (χ1v) is 4.91. The summed E-state index contributed by atoms with van der Waals surface area (Å²) in [7, 11) is 0. The molecule has 0 aromatic carbocycles. The lowest BCUT2D eigenvalue weighted by Gasteiger charge is -1.94. The second kappa shape index (κ2) is 3.56. The highest BCUT2D eigenvalue weighted by Gasteiger charge is 2.04. The fourth-order valence-corrected chi connectivity index (χ4v) is 1.90. The van der Waals surface area contributed by atoms with Crippen LogP contribution in [0.25, 0.3) is 10.7 Å². The van der Waals surface area contributed by atoms with E-state index in [0.29, 0.717) is 11.5 Å². The molecule has 68 valence electrons. The summed E-state index contributed by atoms with van der Waals surface area (Å²) in [5, 5.41) is 8.68. The number of rotatable bonds is 1. The van der Waals surface area contributed by atoms with Crippen molar-refractivity contribution < 1.29 is 0 Å². The van der Waals surface area contributed by atoms with Crippen LogP contribution in [0.4, 0.5) is 0 Å². The number of aryl methyl sites for hydroxylation is 1. The quantitative estimate of drug-likeness (QED) is 0.711. The van der Waals surface area contributed by atoms with E-state index < -0.39 is 0 Å². The van der Waals surface area contributed by atoms with E-state index >= 15 is 0 Å². The SMILES string of the molecule is Cc1ccc(-c2nccc(C#N)n2)s1. The Hall–Kier alpha value is -1.73. The van der Waals surface area contributed by atoms with Gasteiger partial charge in [0.25, 0.3) is 0 Å². The van der Waals surface area contributed by atoms with Crippen molar-refractivity contribution in [3.63, 3.8) is 0 Å². The molecule has 2 rings (SSSR count). The van der Waals surface area contributed by atoms with Crippen LogP contribution in [0.3, 0.4) is 0 Å². The van der Waals surface area contributed by atoms with Crippen molar-refractivity contribution in [2.24, 2.45) is 0 Å². The molecule has 0 N–H and O–H groups in total. The topological polar surface area (TPSA) is 49.6 Å². The van der Waals surface area contributed by atoms with Crippen LogP contribution in [0.1, 0.15) is 10.6 Å². The van der Waals surface area contributed by atoms with Crippen LogP contribution in [-0.4, -0.2) is 9.97 Å². The van der Waals surface area contributed by atoms with Gasteiger partial charge >= 0.3 is 0 Å². The molecule has 0 unspecified atom stereocenters. The fourth-order valence-electron chi connectivity index (χ4n) is 1.09. The van der Waals surface area contributed by atoms with Gasteiger partial charge in [0, 0.05) is 11.1 Å². The molecule has 14 heavy (non-hydrogen) atoms. The Kier molecular flexibility index (Phi) is 2.25. The van der Waals surface area contributed by atoms with Crippen LogP contribution in [0.15, 0.2) is 24.4 Å². The average molecular weight is 201 g/mol. The standard InChI is InChI=1S/C10H7N3S/c1-7-2-3-9(14-7)10-12-5-4-8(6-11)13-10/h2-5H,1H3. The van der Waals surface area contributed by atoms with E-state index in [4.69, 9.17) is 5.26 Å². The molecule has 0 saturated carbocycles. The lowest BCUT2D eigenvalue weighted by Crippen LogP contribution is -1.88. The van der Waals surface area contributed by atoms with Crippen LogP contribution in [0.2, 0.25) is 0 Å². The lowest BCUT2D eigenvalue weighted by atomic mass is 10.4. The molecular weight excluding hydrogens is 194 g/mol. The number of nitrogens with zero attached hydrogens (tertiary/aromatic N) is 3. The van der Waals surface area contributed by atoms with Crippen molar-refractivity contribution in [1.29, 1.82) is 5.26 Å². The monoisotopic (exact) mass is 201 g/mol. The van der Waals surface area contributed by atoms with E-state index in [-0.39, 0.29) is 0 Å². The molecular formula is C10H7N3S. The van der Waals surface area contributed by atoms with Gasteiger partial charge in [-0.3, -0.25) is 0 Å². The molecule has 0 atom stereocenters. The Balaban J connectivity index is 2.47. The maximum atomic E-state index is 8.68. The van der Waals surface area contributed by atoms with Gasteiger partial charge in [-0.25, -0.2) is 9.97 Å². The van der Waals surface area contributed by atoms with E-state index in [9.17, 15) is 0 Å². The highest BCUT2D eigenvalue weighted by Crippen LogP contribution is 2.24. The first kappa shape index (κ1) is 8.85. The Morgan fingerprint density at radius 2 is 2.21 bits per heavy atom. The van der Waals surface area contributed by atoms with E-state index in [1.165, 1.54) is 4.88 Å². The van der Waals surface area contributed by atoms with Crippen LogP contribution >= 0.6 is 11.3 Å². The molecule has 2 aromatic heterocycles. The number of hydrogen-bond acceptors (Lipinski definition) is 4. The smallest absolute Gasteiger partial charge is 0.170 e. The maximum absolute atomic E-state index is 8.68. The van der Waals surface area contributed by atoms with Crippen molar-refractivity contribution in [1.82, 2.24) is 9.97 Å². The van der Waals surface area contributed by atoms with Gasteiger partial charge < -0.3 is 0 Å². The van der Waals surface area contributed by atoms with Gasteiger partial charge in [0.1, 0.15) is 11.8 Å². The minimum Gasteiger partial charge on any atom is -0.236 e. The summed E-state index contributed by atoms with van der Waals surface area (Å²) >= 11 is 1.63. The first-order valence-electron chi connectivity index (χ1n) is 4.09. The number of thiophene rings is 1. The zero-order chi connectivity index (χ0) is 9.97. The van der Waals surface area contributed by atoms with Gasteiger partial charge in [0.05, 0.1) is 4.88 Å². The first-order chi connectivity index (χ1) is 6.79. The molecule has 2 heterocycles. The van der Waals surface area contributed by atoms with Crippen LogP contribution < -0.4 is 0 Å². The van der Waals surface area contributed by atoms with Gasteiger partial charge in [-0.1, -0.05) is 0 Å². The summed E-state index contributed by atoms with van der Waals surface area (Å²) < 4.78 is 0. The molecule has 0 saturated heterocycles. The van der Waals surface area contributed by atoms with E-state index in [1.54, 1.807) is 23.6 Å². The maximum Gasteiger partial charge on any atom is 0.170 e. The molecule has 0 radical (unpaired) electrons. The summed E-state index contributed by atoms with van der Waals surface area (Å²) in [5.74, 6) is 0.627. The molecule has 0 aliphatic heterocycles. The zero-order valence-corrected chi connectivity index (χ0v) is 8.38. The van der Waals surface area contributed by atoms with Gasteiger partial charge in [-0.15, -0.1) is 11.3 Å². The van der Waals surface area contributed by atoms with Gasteiger partial charge in [-0.2, -0.15) is 5.26 Å². The van der Waals surface area contributed by atoms with Crippen molar-refractivity contribution in [3.8, 4) is 16.8 Å². The molecule has 2 aromatic rings. The molecule has 3 nitrogen and oxygen atoms in total. The van der Waals surface area contributed by atoms with E-state index in [2.05, 4.69) is 9.97 Å². The highest BCUT2D eigenvalue weighted by molar-refractivity contribution is 7.15. The molecule has 4 heteroatoms. The third-order valence-electron chi connectivity index (χ3n) is 1.73. The summed E-state index contributed by atoms with van der Waals surface area (Å²) in [6, 6.07) is 7.58. The second-order valence-electron chi connectivity index (χ2n) is 2.79. The minimum absolute atomic E-state index is 0.404. The third-order valence-corrected chi connectivity index (χ3v) is 2.73. The Labute approximate surface area is 85.7 Å². The summed E-state index contributed by atoms with van der Waals surface area (Å²) in [6.45, 7) is 2.03. The predicted molar refractivity (Wildman–Crippen MR) is 54.8 cm³/mol. The molecule has 0 aliphatic rings. The highest BCUT2D eigenvalue weighted by atomic mass is 32.1. The molecule has 0 amide bonds.